The van der Waals surface area contributed by atoms with Gasteiger partial charge in [-0.05, 0) is 37.3 Å². The number of anilines is 1. The topological polar surface area (TPSA) is 115 Å². The van der Waals surface area contributed by atoms with Gasteiger partial charge in [0.1, 0.15) is 23.8 Å². The van der Waals surface area contributed by atoms with Crippen LogP contribution in [0.2, 0.25) is 0 Å². The molecule has 0 unspecified atom stereocenters. The number of hydrogen-bond donors (Lipinski definition) is 1. The molecule has 160 valence electrons. The third-order valence-corrected chi connectivity index (χ3v) is 5.57. The molecule has 3 aromatic heterocycles. The van der Waals surface area contributed by atoms with E-state index in [2.05, 4.69) is 30.9 Å². The Hall–Kier alpha value is -4.13. The van der Waals surface area contributed by atoms with E-state index in [0.717, 1.165) is 12.5 Å². The number of halogens is 1. The number of imidazole rings is 1. The molecular formula is C22H21FN9+. The highest BCUT2D eigenvalue weighted by molar-refractivity contribution is 5.68. The monoisotopic (exact) mass is 430 g/mol. The van der Waals surface area contributed by atoms with Crippen LogP contribution in [0.25, 0.3) is 22.8 Å². The van der Waals surface area contributed by atoms with Gasteiger partial charge in [0, 0.05) is 5.56 Å². The van der Waals surface area contributed by atoms with E-state index in [9.17, 15) is 9.65 Å². The molecule has 0 saturated heterocycles. The van der Waals surface area contributed by atoms with Crippen LogP contribution in [0.5, 0.6) is 0 Å². The Morgan fingerprint density at radius 1 is 1.31 bits per heavy atom. The Bertz CT molecular complexity index is 1340. The Morgan fingerprint density at radius 2 is 2.16 bits per heavy atom. The van der Waals surface area contributed by atoms with Gasteiger partial charge in [0.15, 0.2) is 24.1 Å². The van der Waals surface area contributed by atoms with Crippen molar-refractivity contribution in [3.63, 3.8) is 0 Å². The lowest BCUT2D eigenvalue weighted by Crippen LogP contribution is -2.35. The van der Waals surface area contributed by atoms with Gasteiger partial charge in [-0.1, -0.05) is 17.3 Å². The Labute approximate surface area is 183 Å². The molecule has 32 heavy (non-hydrogen) atoms. The minimum Gasteiger partial charge on any atom is -0.381 e. The van der Waals surface area contributed by atoms with E-state index in [4.69, 9.17) is 5.73 Å². The molecule has 5 rings (SSSR count). The van der Waals surface area contributed by atoms with Gasteiger partial charge in [-0.25, -0.2) is 28.2 Å². The number of nitrogens with two attached hydrogens (primary N) is 1. The molecule has 10 heteroatoms. The highest BCUT2D eigenvalue weighted by Crippen LogP contribution is 2.30. The van der Waals surface area contributed by atoms with Crippen molar-refractivity contribution in [2.75, 3.05) is 5.73 Å². The van der Waals surface area contributed by atoms with E-state index in [1.54, 1.807) is 36.0 Å². The number of aromatic nitrogens is 7. The van der Waals surface area contributed by atoms with Crippen LogP contribution in [0.15, 0.2) is 43.1 Å². The van der Waals surface area contributed by atoms with Gasteiger partial charge in [0.2, 0.25) is 6.33 Å². The van der Waals surface area contributed by atoms with Gasteiger partial charge in [0.25, 0.3) is 0 Å². The average Bonchev–Trinajstić information content (AvgIpc) is 3.29. The van der Waals surface area contributed by atoms with Crippen molar-refractivity contribution in [2.24, 2.45) is 5.92 Å². The summed E-state index contributed by atoms with van der Waals surface area (Å²) in [5.74, 6) is -0.0211. The molecule has 0 aliphatic heterocycles. The number of nitrogen functional groups attached to an aromatic ring is 1. The largest absolute Gasteiger partial charge is 0.381 e. The third-order valence-electron chi connectivity index (χ3n) is 5.57. The molecule has 4 aromatic rings. The Morgan fingerprint density at radius 3 is 2.94 bits per heavy atom. The lowest BCUT2D eigenvalue weighted by molar-refractivity contribution is -0.702. The fraction of sp³-hybridized carbons (Fsp3) is 0.273. The van der Waals surface area contributed by atoms with Gasteiger partial charge >= 0.3 is 0 Å². The molecule has 3 heterocycles. The standard InChI is InChI=1S/C22H21FN9/c1-14-16(9-24)3-2-4-17(14)22-26-20(19(23)21(25)27-22)18-11-32(29-28-18)13-31-8-7-30(12-31)10-15-5-6-15/h2-4,7-8,11-12,15H,5-6,10,13H2,1H3,(H2,25,26,27)/q+1. The Balaban J connectivity index is 1.44. The van der Waals surface area contributed by atoms with E-state index in [1.165, 1.54) is 12.8 Å². The molecule has 2 N–H and O–H groups in total. The van der Waals surface area contributed by atoms with Crippen molar-refractivity contribution in [1.29, 1.82) is 5.26 Å². The molecular weight excluding hydrogens is 409 g/mol. The molecule has 1 saturated carbocycles. The SMILES string of the molecule is Cc1c(C#N)cccc1-c1nc(N)c(F)c(-c2cn(C[n+]3ccn(CC4CC4)c3)nn2)n1. The molecule has 0 atom stereocenters. The highest BCUT2D eigenvalue weighted by atomic mass is 19.1. The quantitative estimate of drug-likeness (QED) is 0.470. The summed E-state index contributed by atoms with van der Waals surface area (Å²) in [5.41, 5.74) is 7.86. The van der Waals surface area contributed by atoms with Crippen LogP contribution in [0.3, 0.4) is 0 Å². The molecule has 0 radical (unpaired) electrons. The minimum atomic E-state index is -0.752. The van der Waals surface area contributed by atoms with Crippen molar-refractivity contribution in [2.45, 2.75) is 33.0 Å². The summed E-state index contributed by atoms with van der Waals surface area (Å²) in [5, 5.41) is 17.5. The predicted molar refractivity (Wildman–Crippen MR) is 113 cm³/mol. The smallest absolute Gasteiger partial charge is 0.245 e. The molecule has 9 nitrogen and oxygen atoms in total. The van der Waals surface area contributed by atoms with E-state index in [1.807, 2.05) is 23.3 Å². The summed E-state index contributed by atoms with van der Waals surface area (Å²) in [4.78, 5) is 8.46. The van der Waals surface area contributed by atoms with Gasteiger partial charge in [0.05, 0.1) is 24.4 Å². The van der Waals surface area contributed by atoms with Crippen molar-refractivity contribution in [1.82, 2.24) is 29.5 Å². The third kappa shape index (κ3) is 3.80. The fourth-order valence-electron chi connectivity index (χ4n) is 3.63. The maximum absolute atomic E-state index is 14.8. The zero-order chi connectivity index (χ0) is 22.2. The van der Waals surface area contributed by atoms with Gasteiger partial charge in [-0.3, -0.25) is 0 Å². The van der Waals surface area contributed by atoms with Gasteiger partial charge in [-0.2, -0.15) is 5.26 Å². The second kappa shape index (κ2) is 7.85. The summed E-state index contributed by atoms with van der Waals surface area (Å²) in [6.45, 7) is 3.25. The van der Waals surface area contributed by atoms with Gasteiger partial charge in [-0.15, -0.1) is 5.10 Å². The molecule has 1 aliphatic rings. The number of benzene rings is 1. The second-order valence-electron chi connectivity index (χ2n) is 8.04. The first-order chi connectivity index (χ1) is 15.5. The molecule has 0 amide bonds. The number of hydrogen-bond acceptors (Lipinski definition) is 6. The van der Waals surface area contributed by atoms with Crippen LogP contribution in [-0.4, -0.2) is 29.5 Å². The fourth-order valence-corrected chi connectivity index (χ4v) is 3.63. The molecule has 1 fully saturated rings. The Kier molecular flexibility index (Phi) is 4.86. The zero-order valence-corrected chi connectivity index (χ0v) is 17.5. The highest BCUT2D eigenvalue weighted by Gasteiger charge is 2.24. The lowest BCUT2D eigenvalue weighted by atomic mass is 10.0. The second-order valence-corrected chi connectivity index (χ2v) is 8.04. The summed E-state index contributed by atoms with van der Waals surface area (Å²) >= 11 is 0. The van der Waals surface area contributed by atoms with Crippen LogP contribution in [0.4, 0.5) is 10.2 Å². The van der Waals surface area contributed by atoms with E-state index < -0.39 is 5.82 Å². The predicted octanol–water partition coefficient (Wildman–Crippen LogP) is 2.31. The summed E-state index contributed by atoms with van der Waals surface area (Å²) in [6.07, 6.45) is 10.2. The van der Waals surface area contributed by atoms with Crippen LogP contribution in [-0.2, 0) is 13.2 Å². The van der Waals surface area contributed by atoms with Crippen molar-refractivity contribution in [3.8, 4) is 28.8 Å². The van der Waals surface area contributed by atoms with E-state index >= 15 is 0 Å². The first-order valence-electron chi connectivity index (χ1n) is 10.3. The van der Waals surface area contributed by atoms with Crippen molar-refractivity contribution in [3.05, 3.63) is 60.1 Å². The first kappa shape index (κ1) is 19.8. The zero-order valence-electron chi connectivity index (χ0n) is 17.5. The molecule has 0 bridgehead atoms. The average molecular weight is 430 g/mol. The lowest BCUT2D eigenvalue weighted by Gasteiger charge is -2.09. The van der Waals surface area contributed by atoms with Crippen molar-refractivity contribution < 1.29 is 8.96 Å². The number of nitrogens with zero attached hydrogens (tertiary/aromatic N) is 8. The minimum absolute atomic E-state index is 0.0307. The molecule has 1 aliphatic carbocycles. The maximum Gasteiger partial charge on any atom is 0.245 e. The van der Waals surface area contributed by atoms with E-state index in [0.29, 0.717) is 23.4 Å². The molecule has 0 spiro atoms. The van der Waals surface area contributed by atoms with Crippen molar-refractivity contribution >= 4 is 5.82 Å². The summed E-state index contributed by atoms with van der Waals surface area (Å²) in [6, 6.07) is 7.33. The number of nitriles is 1. The van der Waals surface area contributed by atoms with Crippen LogP contribution >= 0.6 is 0 Å². The van der Waals surface area contributed by atoms with Crippen LogP contribution < -0.4 is 10.3 Å². The number of rotatable bonds is 6. The molecule has 1 aromatic carbocycles. The maximum atomic E-state index is 14.8. The van der Waals surface area contributed by atoms with Gasteiger partial charge < -0.3 is 5.73 Å². The van der Waals surface area contributed by atoms with E-state index in [-0.39, 0.29) is 23.0 Å². The first-order valence-corrected chi connectivity index (χ1v) is 10.3. The summed E-state index contributed by atoms with van der Waals surface area (Å²) < 4.78 is 20.6. The van der Waals surface area contributed by atoms with Crippen LogP contribution in [0.1, 0.15) is 24.0 Å². The summed E-state index contributed by atoms with van der Waals surface area (Å²) in [7, 11) is 0. The van der Waals surface area contributed by atoms with Crippen LogP contribution in [0, 0.1) is 30.0 Å². The normalized spacial score (nSPS) is 13.3.